The van der Waals surface area contributed by atoms with Gasteiger partial charge in [0.1, 0.15) is 17.0 Å². The normalized spacial score (nSPS) is 11.6. The summed E-state index contributed by atoms with van der Waals surface area (Å²) in [6, 6.07) is 4.08. The van der Waals surface area contributed by atoms with E-state index in [1.807, 2.05) is 0 Å². The third-order valence-corrected chi connectivity index (χ3v) is 3.10. The van der Waals surface area contributed by atoms with Crippen molar-refractivity contribution in [3.63, 3.8) is 0 Å². The lowest BCUT2D eigenvalue weighted by molar-refractivity contribution is 0.510. The van der Waals surface area contributed by atoms with Crippen molar-refractivity contribution in [1.82, 2.24) is 0 Å². The molecule has 0 amide bonds. The Bertz CT molecular complexity index is 787. The maximum Gasteiger partial charge on any atom is 0.170 e. The maximum absolute atomic E-state index is 13.9. The average Bonchev–Trinajstić information content (AvgIpc) is 2.64. The van der Waals surface area contributed by atoms with Crippen molar-refractivity contribution in [2.45, 2.75) is 13.8 Å². The van der Waals surface area contributed by atoms with Crippen LogP contribution in [0, 0.1) is 31.3 Å². The number of aryl methyl sites for hydroxylation is 2. The van der Waals surface area contributed by atoms with Crippen LogP contribution in [0.3, 0.4) is 0 Å². The Morgan fingerprint density at radius 2 is 1.50 bits per heavy atom. The van der Waals surface area contributed by atoms with Crippen LogP contribution in [-0.2, 0) is 0 Å². The van der Waals surface area contributed by atoms with Gasteiger partial charge in [-0.1, -0.05) is 0 Å². The molecular formula is C14H9F3O. The first-order valence-corrected chi connectivity index (χ1v) is 5.46. The molecule has 92 valence electrons. The number of hydrogen-bond donors (Lipinski definition) is 0. The Morgan fingerprint density at radius 3 is 2.22 bits per heavy atom. The van der Waals surface area contributed by atoms with Crippen LogP contribution in [0.5, 0.6) is 0 Å². The van der Waals surface area contributed by atoms with Crippen molar-refractivity contribution in [3.05, 3.63) is 46.8 Å². The van der Waals surface area contributed by atoms with E-state index >= 15 is 0 Å². The van der Waals surface area contributed by atoms with Gasteiger partial charge < -0.3 is 4.42 Å². The molecule has 0 radical (unpaired) electrons. The Kier molecular flexibility index (Phi) is 2.17. The van der Waals surface area contributed by atoms with E-state index in [1.54, 1.807) is 6.92 Å². The van der Waals surface area contributed by atoms with Gasteiger partial charge in [-0.25, -0.2) is 13.2 Å². The van der Waals surface area contributed by atoms with Crippen LogP contribution < -0.4 is 0 Å². The number of fused-ring (bicyclic) bond motifs is 3. The van der Waals surface area contributed by atoms with E-state index in [-0.39, 0.29) is 21.9 Å². The molecule has 4 heteroatoms. The van der Waals surface area contributed by atoms with Crippen LogP contribution in [0.1, 0.15) is 11.1 Å². The largest absolute Gasteiger partial charge is 0.456 e. The number of benzene rings is 2. The Morgan fingerprint density at radius 1 is 0.833 bits per heavy atom. The highest BCUT2D eigenvalue weighted by molar-refractivity contribution is 6.05. The zero-order valence-corrected chi connectivity index (χ0v) is 9.77. The third kappa shape index (κ3) is 1.35. The Hall–Kier alpha value is -1.97. The summed E-state index contributed by atoms with van der Waals surface area (Å²) in [6.45, 7) is 3.04. The van der Waals surface area contributed by atoms with E-state index in [0.717, 1.165) is 0 Å². The highest BCUT2D eigenvalue weighted by Crippen LogP contribution is 2.34. The molecule has 18 heavy (non-hydrogen) atoms. The van der Waals surface area contributed by atoms with Crippen LogP contribution in [0.2, 0.25) is 0 Å². The minimum atomic E-state index is -0.994. The zero-order chi connectivity index (χ0) is 13.0. The summed E-state index contributed by atoms with van der Waals surface area (Å²) < 4.78 is 46.4. The van der Waals surface area contributed by atoms with Gasteiger partial charge in [0.25, 0.3) is 0 Å². The average molecular weight is 250 g/mol. The molecule has 0 spiro atoms. The van der Waals surface area contributed by atoms with Crippen LogP contribution in [-0.4, -0.2) is 0 Å². The van der Waals surface area contributed by atoms with E-state index in [0.29, 0.717) is 11.1 Å². The second-order valence-electron chi connectivity index (χ2n) is 4.39. The van der Waals surface area contributed by atoms with Crippen LogP contribution in [0.15, 0.2) is 22.6 Å². The summed E-state index contributed by atoms with van der Waals surface area (Å²) in [5, 5.41) is 0.247. The molecule has 0 aliphatic rings. The quantitative estimate of drug-likeness (QED) is 0.567. The van der Waals surface area contributed by atoms with E-state index < -0.39 is 17.5 Å². The molecule has 0 unspecified atom stereocenters. The molecule has 0 saturated heterocycles. The van der Waals surface area contributed by atoms with Crippen molar-refractivity contribution in [2.75, 3.05) is 0 Å². The Labute approximate surface area is 101 Å². The molecule has 0 saturated carbocycles. The molecule has 0 aliphatic heterocycles. The molecular weight excluding hydrogens is 241 g/mol. The van der Waals surface area contributed by atoms with Gasteiger partial charge in [0.15, 0.2) is 11.6 Å². The van der Waals surface area contributed by atoms with Crippen molar-refractivity contribution >= 4 is 21.9 Å². The molecule has 0 N–H and O–H groups in total. The molecule has 0 atom stereocenters. The smallest absolute Gasteiger partial charge is 0.170 e. The fourth-order valence-electron chi connectivity index (χ4n) is 2.11. The van der Waals surface area contributed by atoms with Crippen molar-refractivity contribution < 1.29 is 17.6 Å². The second-order valence-corrected chi connectivity index (χ2v) is 4.39. The predicted molar refractivity (Wildman–Crippen MR) is 63.1 cm³/mol. The molecule has 1 aromatic heterocycles. The van der Waals surface area contributed by atoms with Crippen LogP contribution in [0.25, 0.3) is 21.9 Å². The minimum Gasteiger partial charge on any atom is -0.456 e. The summed E-state index contributed by atoms with van der Waals surface area (Å²) in [5.41, 5.74) is 1.15. The fraction of sp³-hybridized carbons (Fsp3) is 0.143. The standard InChI is InChI=1S/C14H9F3O/c1-6-3-10-8(5-9(6)15)12-11(18-10)4-7(2)13(16)14(12)17/h3-5H,1-2H3. The fourth-order valence-corrected chi connectivity index (χ4v) is 2.11. The van der Waals surface area contributed by atoms with Gasteiger partial charge in [-0.05, 0) is 43.2 Å². The molecule has 1 nitrogen and oxygen atoms in total. The van der Waals surface area contributed by atoms with Crippen molar-refractivity contribution in [1.29, 1.82) is 0 Å². The first kappa shape index (κ1) is 11.1. The summed E-state index contributed by atoms with van der Waals surface area (Å²) in [7, 11) is 0. The van der Waals surface area contributed by atoms with Crippen LogP contribution in [0.4, 0.5) is 13.2 Å². The number of halogens is 3. The number of furan rings is 1. The summed E-state index contributed by atoms with van der Waals surface area (Å²) in [6.07, 6.45) is 0. The molecule has 0 fully saturated rings. The predicted octanol–water partition coefficient (Wildman–Crippen LogP) is 4.62. The first-order valence-electron chi connectivity index (χ1n) is 5.46. The van der Waals surface area contributed by atoms with Gasteiger partial charge in [0, 0.05) is 5.39 Å². The molecule has 1 heterocycles. The van der Waals surface area contributed by atoms with Gasteiger partial charge >= 0.3 is 0 Å². The van der Waals surface area contributed by atoms with Crippen molar-refractivity contribution in [2.24, 2.45) is 0 Å². The molecule has 3 rings (SSSR count). The lowest BCUT2D eigenvalue weighted by Gasteiger charge is -1.99. The van der Waals surface area contributed by atoms with E-state index in [4.69, 9.17) is 4.42 Å². The lowest BCUT2D eigenvalue weighted by atomic mass is 10.1. The minimum absolute atomic E-state index is 0.00741. The van der Waals surface area contributed by atoms with E-state index in [2.05, 4.69) is 0 Å². The number of rotatable bonds is 0. The summed E-state index contributed by atoms with van der Waals surface area (Å²) in [4.78, 5) is 0. The van der Waals surface area contributed by atoms with Gasteiger partial charge in [-0.3, -0.25) is 0 Å². The maximum atomic E-state index is 13.9. The van der Waals surface area contributed by atoms with Gasteiger partial charge in [-0.15, -0.1) is 0 Å². The van der Waals surface area contributed by atoms with Crippen LogP contribution >= 0.6 is 0 Å². The zero-order valence-electron chi connectivity index (χ0n) is 9.77. The topological polar surface area (TPSA) is 13.1 Å². The molecule has 3 aromatic rings. The Balaban J connectivity index is 2.57. The monoisotopic (exact) mass is 250 g/mol. The summed E-state index contributed by atoms with van der Waals surface area (Å²) in [5.74, 6) is -2.39. The van der Waals surface area contributed by atoms with Gasteiger partial charge in [0.2, 0.25) is 0 Å². The van der Waals surface area contributed by atoms with Gasteiger partial charge in [0.05, 0.1) is 5.39 Å². The van der Waals surface area contributed by atoms with Gasteiger partial charge in [-0.2, -0.15) is 0 Å². The first-order chi connectivity index (χ1) is 8.49. The van der Waals surface area contributed by atoms with E-state index in [1.165, 1.54) is 25.1 Å². The molecule has 0 aliphatic carbocycles. The lowest BCUT2D eigenvalue weighted by Crippen LogP contribution is -1.89. The highest BCUT2D eigenvalue weighted by atomic mass is 19.2. The SMILES string of the molecule is Cc1cc2oc3cc(C)c(F)c(F)c3c2cc1F. The molecule has 0 bridgehead atoms. The van der Waals surface area contributed by atoms with Crippen molar-refractivity contribution in [3.8, 4) is 0 Å². The second kappa shape index (κ2) is 3.51. The molecule has 2 aromatic carbocycles. The third-order valence-electron chi connectivity index (χ3n) is 3.10. The number of hydrogen-bond acceptors (Lipinski definition) is 1. The highest BCUT2D eigenvalue weighted by Gasteiger charge is 2.18. The summed E-state index contributed by atoms with van der Waals surface area (Å²) >= 11 is 0. The van der Waals surface area contributed by atoms with E-state index in [9.17, 15) is 13.2 Å².